The fraction of sp³-hybridized carbons (Fsp3) is 0.286. The molecule has 0 bridgehead atoms. The van der Waals surface area contributed by atoms with Gasteiger partial charge in [-0.2, -0.15) is 0 Å². The van der Waals surface area contributed by atoms with Crippen LogP contribution in [0.2, 0.25) is 0 Å². The third kappa shape index (κ3) is 2.48. The van der Waals surface area contributed by atoms with Crippen LogP contribution in [0.5, 0.6) is 0 Å². The molecule has 0 saturated heterocycles. The summed E-state index contributed by atoms with van der Waals surface area (Å²) in [4.78, 5) is 17.0. The van der Waals surface area contributed by atoms with Gasteiger partial charge in [0.2, 0.25) is 0 Å². The van der Waals surface area contributed by atoms with E-state index in [-0.39, 0.29) is 5.56 Å². The van der Waals surface area contributed by atoms with Crippen LogP contribution in [0.4, 0.5) is 0 Å². The first kappa shape index (κ1) is 12.9. The largest absolute Gasteiger partial charge is 0.283 e. The number of fused-ring (bicyclic) bond motifs is 1. The number of hydrogen-bond donors (Lipinski definition) is 0. The Labute approximate surface area is 111 Å². The van der Waals surface area contributed by atoms with Gasteiger partial charge < -0.3 is 0 Å². The molecular formula is C14H16N2OS. The maximum Gasteiger partial charge on any atom is 0.262 e. The molecule has 2 aromatic rings. The summed E-state index contributed by atoms with van der Waals surface area (Å²) in [6, 6.07) is 7.45. The summed E-state index contributed by atoms with van der Waals surface area (Å²) < 4.78 is 1.68. The second-order valence-electron chi connectivity index (χ2n) is 4.28. The van der Waals surface area contributed by atoms with Crippen LogP contribution in [0.15, 0.2) is 46.9 Å². The van der Waals surface area contributed by atoms with Crippen LogP contribution >= 0.6 is 11.8 Å². The third-order valence-electron chi connectivity index (χ3n) is 2.48. The van der Waals surface area contributed by atoms with E-state index in [4.69, 9.17) is 0 Å². The fourth-order valence-corrected chi connectivity index (χ4v) is 2.60. The molecule has 0 aliphatic carbocycles. The first-order valence-corrected chi connectivity index (χ1v) is 6.78. The number of rotatable bonds is 4. The average molecular weight is 260 g/mol. The standard InChI is InChI=1S/C14H16N2OS/c1-4-9-16-13(17)11-7-5-6-8-12(11)15-14(16)18-10(2)3/h4-8,10H,1,9H2,2-3H3. The lowest BCUT2D eigenvalue weighted by Crippen LogP contribution is -2.23. The van der Waals surface area contributed by atoms with Crippen LogP contribution in [0.1, 0.15) is 13.8 Å². The molecule has 0 radical (unpaired) electrons. The highest BCUT2D eigenvalue weighted by Crippen LogP contribution is 2.21. The zero-order valence-corrected chi connectivity index (χ0v) is 11.4. The molecule has 3 nitrogen and oxygen atoms in total. The lowest BCUT2D eigenvalue weighted by atomic mass is 10.2. The first-order chi connectivity index (χ1) is 8.63. The van der Waals surface area contributed by atoms with E-state index in [2.05, 4.69) is 25.4 Å². The van der Waals surface area contributed by atoms with E-state index in [0.717, 1.165) is 10.7 Å². The first-order valence-electron chi connectivity index (χ1n) is 5.90. The number of hydrogen-bond acceptors (Lipinski definition) is 3. The molecule has 1 aromatic heterocycles. The Kier molecular flexibility index (Phi) is 3.87. The van der Waals surface area contributed by atoms with Gasteiger partial charge in [-0.15, -0.1) is 6.58 Å². The number of nitrogens with zero attached hydrogens (tertiary/aromatic N) is 2. The van der Waals surface area contributed by atoms with Crippen molar-refractivity contribution in [3.05, 3.63) is 47.3 Å². The molecule has 0 N–H and O–H groups in total. The molecule has 0 aliphatic heterocycles. The summed E-state index contributed by atoms with van der Waals surface area (Å²) in [5.41, 5.74) is 0.759. The van der Waals surface area contributed by atoms with Crippen LogP contribution in [0.25, 0.3) is 10.9 Å². The Balaban J connectivity index is 2.70. The summed E-state index contributed by atoms with van der Waals surface area (Å²) in [7, 11) is 0. The molecule has 18 heavy (non-hydrogen) atoms. The van der Waals surface area contributed by atoms with Gasteiger partial charge in [0.1, 0.15) is 0 Å². The van der Waals surface area contributed by atoms with Crippen molar-refractivity contribution < 1.29 is 0 Å². The summed E-state index contributed by atoms with van der Waals surface area (Å²) in [6.07, 6.45) is 1.72. The quantitative estimate of drug-likeness (QED) is 0.481. The average Bonchev–Trinajstić information content (AvgIpc) is 2.33. The zero-order valence-electron chi connectivity index (χ0n) is 10.6. The second-order valence-corrected chi connectivity index (χ2v) is 5.83. The maximum atomic E-state index is 12.4. The lowest BCUT2D eigenvalue weighted by Gasteiger charge is -2.12. The topological polar surface area (TPSA) is 34.9 Å². The molecule has 0 amide bonds. The molecule has 0 atom stereocenters. The van der Waals surface area contributed by atoms with Crippen molar-refractivity contribution >= 4 is 22.7 Å². The molecule has 4 heteroatoms. The Hall–Kier alpha value is -1.55. The third-order valence-corrected chi connectivity index (χ3v) is 3.47. The highest BCUT2D eigenvalue weighted by Gasteiger charge is 2.11. The van der Waals surface area contributed by atoms with Crippen molar-refractivity contribution in [2.24, 2.45) is 0 Å². The number of thioether (sulfide) groups is 1. The molecule has 0 unspecified atom stereocenters. The zero-order chi connectivity index (χ0) is 13.1. The van der Waals surface area contributed by atoms with E-state index < -0.39 is 0 Å². The second kappa shape index (κ2) is 5.40. The van der Waals surface area contributed by atoms with E-state index in [1.807, 2.05) is 24.3 Å². The fourth-order valence-electron chi connectivity index (χ4n) is 1.74. The summed E-state index contributed by atoms with van der Waals surface area (Å²) in [5, 5.41) is 1.80. The van der Waals surface area contributed by atoms with E-state index in [0.29, 0.717) is 17.2 Å². The molecule has 0 fully saturated rings. The van der Waals surface area contributed by atoms with Gasteiger partial charge in [-0.25, -0.2) is 4.98 Å². The molecule has 1 heterocycles. The van der Waals surface area contributed by atoms with Crippen molar-refractivity contribution in [1.29, 1.82) is 0 Å². The van der Waals surface area contributed by atoms with Crippen LogP contribution < -0.4 is 5.56 Å². The smallest absolute Gasteiger partial charge is 0.262 e. The van der Waals surface area contributed by atoms with Crippen molar-refractivity contribution in [3.8, 4) is 0 Å². The van der Waals surface area contributed by atoms with Gasteiger partial charge in [0.15, 0.2) is 5.16 Å². The van der Waals surface area contributed by atoms with Gasteiger partial charge in [0.25, 0.3) is 5.56 Å². The molecule has 94 valence electrons. The van der Waals surface area contributed by atoms with Gasteiger partial charge >= 0.3 is 0 Å². The van der Waals surface area contributed by atoms with Crippen LogP contribution in [-0.4, -0.2) is 14.8 Å². The van der Waals surface area contributed by atoms with E-state index in [1.54, 1.807) is 22.4 Å². The van der Waals surface area contributed by atoms with Crippen molar-refractivity contribution in [3.63, 3.8) is 0 Å². The predicted octanol–water partition coefficient (Wildman–Crippen LogP) is 3.08. The van der Waals surface area contributed by atoms with Gasteiger partial charge in [0, 0.05) is 11.8 Å². The van der Waals surface area contributed by atoms with Crippen LogP contribution in [0.3, 0.4) is 0 Å². The number of allylic oxidation sites excluding steroid dienone is 1. The highest BCUT2D eigenvalue weighted by molar-refractivity contribution is 7.99. The number of benzene rings is 1. The van der Waals surface area contributed by atoms with Gasteiger partial charge in [0.05, 0.1) is 10.9 Å². The van der Waals surface area contributed by atoms with Crippen LogP contribution in [0, 0.1) is 0 Å². The van der Waals surface area contributed by atoms with Crippen molar-refractivity contribution in [1.82, 2.24) is 9.55 Å². The molecule has 1 aromatic carbocycles. The Bertz CT molecular complexity index is 631. The number of para-hydroxylation sites is 1. The minimum Gasteiger partial charge on any atom is -0.283 e. The summed E-state index contributed by atoms with van der Waals surface area (Å²) in [6.45, 7) is 8.37. The van der Waals surface area contributed by atoms with Gasteiger partial charge in [-0.1, -0.05) is 43.8 Å². The minimum atomic E-state index is 0.00338. The van der Waals surface area contributed by atoms with E-state index in [1.165, 1.54) is 0 Å². The van der Waals surface area contributed by atoms with Crippen molar-refractivity contribution in [2.75, 3.05) is 0 Å². The normalized spacial score (nSPS) is 11.1. The van der Waals surface area contributed by atoms with Gasteiger partial charge in [-0.3, -0.25) is 9.36 Å². The maximum absolute atomic E-state index is 12.4. The molecule has 0 aliphatic rings. The number of aromatic nitrogens is 2. The molecule has 0 saturated carbocycles. The SMILES string of the molecule is C=CCn1c(SC(C)C)nc2ccccc2c1=O. The molecule has 0 spiro atoms. The Morgan fingerprint density at radius 2 is 2.17 bits per heavy atom. The van der Waals surface area contributed by atoms with E-state index >= 15 is 0 Å². The van der Waals surface area contributed by atoms with Crippen molar-refractivity contribution in [2.45, 2.75) is 30.8 Å². The van der Waals surface area contributed by atoms with Crippen LogP contribution in [-0.2, 0) is 6.54 Å². The summed E-state index contributed by atoms with van der Waals surface area (Å²) >= 11 is 1.60. The molecule has 2 rings (SSSR count). The predicted molar refractivity (Wildman–Crippen MR) is 77.2 cm³/mol. The minimum absolute atomic E-state index is 0.00338. The highest BCUT2D eigenvalue weighted by atomic mass is 32.2. The Morgan fingerprint density at radius 1 is 1.44 bits per heavy atom. The van der Waals surface area contributed by atoms with E-state index in [9.17, 15) is 4.79 Å². The Morgan fingerprint density at radius 3 is 2.83 bits per heavy atom. The monoisotopic (exact) mass is 260 g/mol. The van der Waals surface area contributed by atoms with Gasteiger partial charge in [-0.05, 0) is 12.1 Å². The summed E-state index contributed by atoms with van der Waals surface area (Å²) in [5.74, 6) is 0. The lowest BCUT2D eigenvalue weighted by molar-refractivity contribution is 0.670. The molecular weight excluding hydrogens is 244 g/mol.